The Bertz CT molecular complexity index is 771. The quantitative estimate of drug-likeness (QED) is 0.0462. The first-order valence-corrected chi connectivity index (χ1v) is 24.7. The van der Waals surface area contributed by atoms with Crippen LogP contribution in [0.1, 0.15) is 232 Å². The molecule has 58 heavy (non-hydrogen) atoms. The normalized spacial score (nSPS) is 14.9. The lowest BCUT2D eigenvalue weighted by molar-refractivity contribution is -0.180. The SMILES string of the molecule is CCCCCCCCCCCCCCCCO.CCCCCCCCCCCCCCCCO.CN(C)CCCC(=O)OC[C@@H]1CC[C@H](OC(=O)CCCN(C)C)O1. The number of unbranched alkanes of at least 4 members (excludes halogenated alkanes) is 26. The number of hydrogen-bond acceptors (Lipinski definition) is 9. The minimum atomic E-state index is -0.505. The van der Waals surface area contributed by atoms with E-state index in [1.165, 1.54) is 167 Å². The van der Waals surface area contributed by atoms with Crippen LogP contribution < -0.4 is 0 Å². The average Bonchev–Trinajstić information content (AvgIpc) is 3.64. The molecule has 0 aliphatic carbocycles. The molecule has 1 saturated heterocycles. The molecule has 0 amide bonds. The van der Waals surface area contributed by atoms with Gasteiger partial charge < -0.3 is 34.2 Å². The van der Waals surface area contributed by atoms with E-state index in [-0.39, 0.29) is 24.6 Å². The van der Waals surface area contributed by atoms with Crippen LogP contribution in [0.2, 0.25) is 0 Å². The van der Waals surface area contributed by atoms with Crippen LogP contribution in [0.15, 0.2) is 0 Å². The highest BCUT2D eigenvalue weighted by atomic mass is 16.7. The van der Waals surface area contributed by atoms with E-state index in [9.17, 15) is 9.59 Å². The molecule has 2 N–H and O–H groups in total. The van der Waals surface area contributed by atoms with Crippen LogP contribution in [-0.4, -0.2) is 105 Å². The van der Waals surface area contributed by atoms with Crippen molar-refractivity contribution in [1.29, 1.82) is 0 Å². The Labute approximate surface area is 360 Å². The van der Waals surface area contributed by atoms with Crippen LogP contribution in [0.25, 0.3) is 0 Å². The highest BCUT2D eigenvalue weighted by Crippen LogP contribution is 2.22. The molecule has 0 bridgehead atoms. The number of hydrogen-bond donors (Lipinski definition) is 2. The summed E-state index contributed by atoms with van der Waals surface area (Å²) < 4.78 is 16.1. The molecule has 1 rings (SSSR count). The first kappa shape index (κ1) is 58.8. The molecular formula is C49H100N2O7. The van der Waals surface area contributed by atoms with Crippen molar-refractivity contribution in [3.8, 4) is 0 Å². The standard InChI is InChI=1S/C17H32N2O5.2C16H34O/c1-18(2)11-5-7-15(20)22-13-14-9-10-17(23-14)24-16(21)8-6-12-19(3)4;2*1-2-3-4-5-6-7-8-9-10-11-12-13-14-15-16-17/h14,17H,5-13H2,1-4H3;2*17H,2-16H2,1H3/t14-,17-;;/m0../s1. The second-order valence-electron chi connectivity index (χ2n) is 17.4. The van der Waals surface area contributed by atoms with E-state index in [0.29, 0.717) is 32.5 Å². The Morgan fingerprint density at radius 3 is 1.14 bits per heavy atom. The highest BCUT2D eigenvalue weighted by Gasteiger charge is 2.29. The van der Waals surface area contributed by atoms with Gasteiger partial charge in [-0.3, -0.25) is 9.59 Å². The molecule has 0 aromatic rings. The van der Waals surface area contributed by atoms with E-state index >= 15 is 0 Å². The molecule has 2 atom stereocenters. The predicted octanol–water partition coefficient (Wildman–Crippen LogP) is 12.2. The van der Waals surface area contributed by atoms with Gasteiger partial charge in [-0.2, -0.15) is 0 Å². The fraction of sp³-hybridized carbons (Fsp3) is 0.959. The Morgan fingerprint density at radius 2 is 0.810 bits per heavy atom. The third kappa shape index (κ3) is 49.1. The van der Waals surface area contributed by atoms with E-state index in [4.69, 9.17) is 24.4 Å². The van der Waals surface area contributed by atoms with Crippen LogP contribution in [0.4, 0.5) is 0 Å². The third-order valence-electron chi connectivity index (χ3n) is 10.8. The molecular weight excluding hydrogens is 729 g/mol. The van der Waals surface area contributed by atoms with Gasteiger partial charge in [0.1, 0.15) is 6.61 Å². The van der Waals surface area contributed by atoms with Gasteiger partial charge in [0.2, 0.25) is 6.29 Å². The molecule has 9 nitrogen and oxygen atoms in total. The summed E-state index contributed by atoms with van der Waals surface area (Å²) in [5.41, 5.74) is 0. The van der Waals surface area contributed by atoms with E-state index in [2.05, 4.69) is 13.8 Å². The summed E-state index contributed by atoms with van der Waals surface area (Å²) in [6, 6.07) is 0. The predicted molar refractivity (Wildman–Crippen MR) is 245 cm³/mol. The zero-order valence-corrected chi connectivity index (χ0v) is 39.6. The number of rotatable bonds is 39. The van der Waals surface area contributed by atoms with Gasteiger partial charge in [-0.05, 0) is 73.4 Å². The van der Waals surface area contributed by atoms with E-state index < -0.39 is 6.29 Å². The third-order valence-corrected chi connectivity index (χ3v) is 10.8. The molecule has 1 heterocycles. The number of ether oxygens (including phenoxy) is 3. The molecule has 0 spiro atoms. The van der Waals surface area contributed by atoms with Crippen molar-refractivity contribution < 1.29 is 34.0 Å². The first-order chi connectivity index (χ1) is 28.2. The number of carbonyl (C=O) groups is 2. The van der Waals surface area contributed by atoms with Gasteiger partial charge in [0, 0.05) is 32.5 Å². The molecule has 1 fully saturated rings. The molecule has 1 aliphatic heterocycles. The van der Waals surface area contributed by atoms with Crippen molar-refractivity contribution in [3.63, 3.8) is 0 Å². The van der Waals surface area contributed by atoms with Crippen LogP contribution in [0, 0.1) is 0 Å². The largest absolute Gasteiger partial charge is 0.463 e. The van der Waals surface area contributed by atoms with Gasteiger partial charge in [-0.15, -0.1) is 0 Å². The van der Waals surface area contributed by atoms with E-state index in [1.807, 2.05) is 38.0 Å². The molecule has 0 aromatic carbocycles. The molecule has 348 valence electrons. The van der Waals surface area contributed by atoms with Gasteiger partial charge in [0.25, 0.3) is 0 Å². The van der Waals surface area contributed by atoms with Crippen molar-refractivity contribution in [2.24, 2.45) is 0 Å². The summed E-state index contributed by atoms with van der Waals surface area (Å²) in [4.78, 5) is 27.4. The summed E-state index contributed by atoms with van der Waals surface area (Å²) >= 11 is 0. The molecule has 0 aromatic heterocycles. The van der Waals surface area contributed by atoms with Crippen molar-refractivity contribution in [1.82, 2.24) is 9.80 Å². The average molecular weight is 829 g/mol. The van der Waals surface area contributed by atoms with Crippen molar-refractivity contribution >= 4 is 11.9 Å². The van der Waals surface area contributed by atoms with Crippen LogP contribution in [0.3, 0.4) is 0 Å². The van der Waals surface area contributed by atoms with E-state index in [1.54, 1.807) is 0 Å². The van der Waals surface area contributed by atoms with E-state index in [0.717, 1.165) is 45.2 Å². The topological polar surface area (TPSA) is 109 Å². The zero-order chi connectivity index (χ0) is 43.2. The van der Waals surface area contributed by atoms with Gasteiger partial charge >= 0.3 is 11.9 Å². The van der Waals surface area contributed by atoms with Crippen LogP contribution in [0.5, 0.6) is 0 Å². The van der Waals surface area contributed by atoms with Gasteiger partial charge in [0.15, 0.2) is 0 Å². The van der Waals surface area contributed by atoms with Gasteiger partial charge in [-0.1, -0.05) is 181 Å². The van der Waals surface area contributed by atoms with Crippen molar-refractivity contribution in [2.45, 2.75) is 245 Å². The molecule has 0 unspecified atom stereocenters. The van der Waals surface area contributed by atoms with Crippen LogP contribution >= 0.6 is 0 Å². The molecule has 9 heteroatoms. The number of esters is 2. The van der Waals surface area contributed by atoms with Gasteiger partial charge in [0.05, 0.1) is 6.10 Å². The molecule has 1 aliphatic rings. The maximum Gasteiger partial charge on any atom is 0.308 e. The lowest BCUT2D eigenvalue weighted by atomic mass is 10.0. The summed E-state index contributed by atoms with van der Waals surface area (Å²) in [7, 11) is 7.88. The lowest BCUT2D eigenvalue weighted by Crippen LogP contribution is -2.23. The minimum absolute atomic E-state index is 0.178. The second-order valence-corrected chi connectivity index (χ2v) is 17.4. The molecule has 0 saturated carbocycles. The Kier molecular flexibility index (Phi) is 49.1. The number of carbonyl (C=O) groups excluding carboxylic acids is 2. The number of nitrogens with zero attached hydrogens (tertiary/aromatic N) is 2. The smallest absolute Gasteiger partial charge is 0.308 e. The highest BCUT2D eigenvalue weighted by molar-refractivity contribution is 5.69. The van der Waals surface area contributed by atoms with Gasteiger partial charge in [-0.25, -0.2) is 0 Å². The Morgan fingerprint density at radius 1 is 0.483 bits per heavy atom. The maximum absolute atomic E-state index is 11.7. The Balaban J connectivity index is 0. The second kappa shape index (κ2) is 48.4. The molecule has 0 radical (unpaired) electrons. The number of aliphatic hydroxyl groups is 2. The summed E-state index contributed by atoms with van der Waals surface area (Å²) in [5, 5.41) is 17.3. The van der Waals surface area contributed by atoms with Crippen molar-refractivity contribution in [3.05, 3.63) is 0 Å². The monoisotopic (exact) mass is 829 g/mol. The fourth-order valence-corrected chi connectivity index (χ4v) is 7.04. The van der Waals surface area contributed by atoms with Crippen molar-refractivity contribution in [2.75, 3.05) is 61.1 Å². The summed E-state index contributed by atoms with van der Waals surface area (Å²) in [6.45, 7) is 7.25. The Hall–Kier alpha value is -1.26. The number of aliphatic hydroxyl groups excluding tert-OH is 2. The summed E-state index contributed by atoms with van der Waals surface area (Å²) in [5.74, 6) is -0.437. The summed E-state index contributed by atoms with van der Waals surface area (Å²) in [6.07, 6.45) is 41.5. The zero-order valence-electron chi connectivity index (χ0n) is 39.6. The fourth-order valence-electron chi connectivity index (χ4n) is 7.04. The lowest BCUT2D eigenvalue weighted by Gasteiger charge is -2.15. The first-order valence-electron chi connectivity index (χ1n) is 24.7. The maximum atomic E-state index is 11.7. The van der Waals surface area contributed by atoms with Crippen LogP contribution in [-0.2, 0) is 23.8 Å². The minimum Gasteiger partial charge on any atom is -0.463 e.